The number of carbonyl (C=O) groups is 2. The number of aryl methyl sites for hydroxylation is 1. The van der Waals surface area contributed by atoms with Crippen molar-refractivity contribution in [2.24, 2.45) is 0 Å². The van der Waals surface area contributed by atoms with Gasteiger partial charge in [-0.05, 0) is 40.5 Å². The Bertz CT molecular complexity index is 504. The number of aliphatic carboxylic acids is 1. The summed E-state index contributed by atoms with van der Waals surface area (Å²) < 4.78 is 0.726. The Morgan fingerprint density at radius 1 is 1.56 bits per heavy atom. The van der Waals surface area contributed by atoms with E-state index in [1.54, 1.807) is 6.07 Å². The quantitative estimate of drug-likeness (QED) is 0.859. The monoisotopic (exact) mass is 312 g/mol. The molecule has 1 aromatic carbocycles. The molecule has 0 bridgehead atoms. The van der Waals surface area contributed by atoms with Gasteiger partial charge < -0.3 is 10.4 Å². The molecule has 2 rings (SSSR count). The highest BCUT2D eigenvalue weighted by molar-refractivity contribution is 9.10. The van der Waals surface area contributed by atoms with Crippen molar-refractivity contribution in [3.05, 3.63) is 28.2 Å². The topological polar surface area (TPSA) is 69.6 Å². The molecule has 2 N–H and O–H groups in total. The van der Waals surface area contributed by atoms with Crippen LogP contribution in [0.15, 0.2) is 22.7 Å². The summed E-state index contributed by atoms with van der Waals surface area (Å²) in [6, 6.07) is 4.61. The Hall–Kier alpha value is -1.40. The minimum Gasteiger partial charge on any atom is -0.480 e. The fourth-order valence-electron chi connectivity index (χ4n) is 1.97. The van der Waals surface area contributed by atoms with Crippen LogP contribution in [0.5, 0.6) is 0 Å². The normalized spacial score (nSPS) is 20.0. The molecule has 1 aliphatic rings. The molecule has 18 heavy (non-hydrogen) atoms. The van der Waals surface area contributed by atoms with E-state index in [0.29, 0.717) is 5.69 Å². The first kappa shape index (κ1) is 13.0. The number of nitrogens with one attached hydrogen (secondary N) is 1. The van der Waals surface area contributed by atoms with Gasteiger partial charge in [-0.15, -0.1) is 0 Å². The maximum Gasteiger partial charge on any atom is 0.328 e. The highest BCUT2D eigenvalue weighted by atomic mass is 79.9. The van der Waals surface area contributed by atoms with Gasteiger partial charge in [0, 0.05) is 11.0 Å². The van der Waals surface area contributed by atoms with Crippen LogP contribution in [-0.4, -0.2) is 36.1 Å². The summed E-state index contributed by atoms with van der Waals surface area (Å²) in [4.78, 5) is 24.5. The smallest absolute Gasteiger partial charge is 0.328 e. The number of benzene rings is 1. The van der Waals surface area contributed by atoms with Gasteiger partial charge in [-0.3, -0.25) is 9.69 Å². The second kappa shape index (κ2) is 5.07. The zero-order valence-corrected chi connectivity index (χ0v) is 11.4. The lowest BCUT2D eigenvalue weighted by Crippen LogP contribution is -2.58. The minimum atomic E-state index is -1.01. The van der Waals surface area contributed by atoms with Gasteiger partial charge in [0.05, 0.1) is 12.2 Å². The maximum absolute atomic E-state index is 11.9. The van der Waals surface area contributed by atoms with E-state index in [-0.39, 0.29) is 19.0 Å². The predicted molar refractivity (Wildman–Crippen MR) is 70.7 cm³/mol. The average molecular weight is 313 g/mol. The molecule has 0 radical (unpaired) electrons. The van der Waals surface area contributed by atoms with E-state index in [9.17, 15) is 14.7 Å². The van der Waals surface area contributed by atoms with E-state index in [2.05, 4.69) is 21.2 Å². The van der Waals surface area contributed by atoms with Crippen molar-refractivity contribution in [1.29, 1.82) is 0 Å². The van der Waals surface area contributed by atoms with Crippen LogP contribution in [0.4, 0.5) is 5.69 Å². The second-order valence-corrected chi connectivity index (χ2v) is 5.06. The number of rotatable bonds is 2. The Labute approximate surface area is 113 Å². The first-order valence-corrected chi connectivity index (χ1v) is 6.31. The molecule has 0 spiro atoms. The number of hydrogen-bond acceptors (Lipinski definition) is 3. The highest BCUT2D eigenvalue weighted by Gasteiger charge is 2.34. The second-order valence-electron chi connectivity index (χ2n) is 4.20. The summed E-state index contributed by atoms with van der Waals surface area (Å²) in [6.45, 7) is 2.34. The minimum absolute atomic E-state index is 0.157. The lowest BCUT2D eigenvalue weighted by Gasteiger charge is -2.34. The predicted octanol–water partition coefficient (Wildman–Crippen LogP) is 1.15. The van der Waals surface area contributed by atoms with E-state index in [0.717, 1.165) is 10.0 Å². The summed E-state index contributed by atoms with van der Waals surface area (Å²) in [6.07, 6.45) is 0. The van der Waals surface area contributed by atoms with E-state index < -0.39 is 12.0 Å². The number of halogens is 1. The van der Waals surface area contributed by atoms with Gasteiger partial charge in [-0.2, -0.15) is 0 Å². The van der Waals surface area contributed by atoms with Crippen LogP contribution in [0.2, 0.25) is 0 Å². The lowest BCUT2D eigenvalue weighted by atomic mass is 10.1. The summed E-state index contributed by atoms with van der Waals surface area (Å²) in [5.74, 6) is -1.25. The van der Waals surface area contributed by atoms with Crippen LogP contribution in [0.3, 0.4) is 0 Å². The molecule has 1 heterocycles. The van der Waals surface area contributed by atoms with Crippen LogP contribution < -0.4 is 10.2 Å². The van der Waals surface area contributed by atoms with E-state index in [1.165, 1.54) is 4.90 Å². The van der Waals surface area contributed by atoms with Gasteiger partial charge in [0.1, 0.15) is 6.04 Å². The Morgan fingerprint density at radius 3 is 2.89 bits per heavy atom. The van der Waals surface area contributed by atoms with Crippen molar-refractivity contribution in [2.75, 3.05) is 18.0 Å². The number of piperazine rings is 1. The zero-order valence-electron chi connectivity index (χ0n) is 9.81. The fourth-order valence-corrected chi connectivity index (χ4v) is 2.66. The average Bonchev–Trinajstić information content (AvgIpc) is 2.29. The standard InChI is InChI=1S/C12H13BrN2O3/c1-7-2-3-9(8(13)4-7)15-10(12(17)18)5-14-6-11(15)16/h2-4,10,14H,5-6H2,1H3,(H,17,18). The highest BCUT2D eigenvalue weighted by Crippen LogP contribution is 2.29. The van der Waals surface area contributed by atoms with Gasteiger partial charge >= 0.3 is 5.97 Å². The molecule has 1 amide bonds. The molecular formula is C12H13BrN2O3. The molecule has 5 nitrogen and oxygen atoms in total. The summed E-state index contributed by atoms with van der Waals surface area (Å²) in [5.41, 5.74) is 1.64. The van der Waals surface area contributed by atoms with Crippen LogP contribution >= 0.6 is 15.9 Å². The number of nitrogens with zero attached hydrogens (tertiary/aromatic N) is 1. The van der Waals surface area contributed by atoms with E-state index >= 15 is 0 Å². The van der Waals surface area contributed by atoms with E-state index in [1.807, 2.05) is 19.1 Å². The number of carboxylic acid groups (broad SMARTS) is 1. The molecule has 0 aromatic heterocycles. The third-order valence-corrected chi connectivity index (χ3v) is 3.48. The van der Waals surface area contributed by atoms with Crippen molar-refractivity contribution in [3.8, 4) is 0 Å². The van der Waals surface area contributed by atoms with Crippen LogP contribution in [-0.2, 0) is 9.59 Å². The van der Waals surface area contributed by atoms with Crippen LogP contribution in [0.25, 0.3) is 0 Å². The zero-order chi connectivity index (χ0) is 13.3. The third-order valence-electron chi connectivity index (χ3n) is 2.84. The number of hydrogen-bond donors (Lipinski definition) is 2. The fraction of sp³-hybridized carbons (Fsp3) is 0.333. The van der Waals surface area contributed by atoms with Crippen LogP contribution in [0.1, 0.15) is 5.56 Å². The molecule has 0 aliphatic carbocycles. The number of carbonyl (C=O) groups excluding carboxylic acids is 1. The van der Waals surface area contributed by atoms with Gasteiger partial charge in [0.2, 0.25) is 5.91 Å². The van der Waals surface area contributed by atoms with Gasteiger partial charge in [0.25, 0.3) is 0 Å². The summed E-state index contributed by atoms with van der Waals surface area (Å²) in [5, 5.41) is 12.0. The molecule has 6 heteroatoms. The molecule has 0 saturated carbocycles. The molecule has 1 saturated heterocycles. The van der Waals surface area contributed by atoms with Crippen molar-refractivity contribution in [3.63, 3.8) is 0 Å². The van der Waals surface area contributed by atoms with Crippen molar-refractivity contribution >= 4 is 33.5 Å². The van der Waals surface area contributed by atoms with Gasteiger partial charge in [-0.1, -0.05) is 6.07 Å². The van der Waals surface area contributed by atoms with Crippen LogP contribution in [0, 0.1) is 6.92 Å². The Kier molecular flexibility index (Phi) is 3.68. The summed E-state index contributed by atoms with van der Waals surface area (Å²) >= 11 is 3.38. The number of amides is 1. The molecular weight excluding hydrogens is 300 g/mol. The van der Waals surface area contributed by atoms with Gasteiger partial charge in [0.15, 0.2) is 0 Å². The van der Waals surface area contributed by atoms with Crippen molar-refractivity contribution in [1.82, 2.24) is 5.32 Å². The summed E-state index contributed by atoms with van der Waals surface area (Å²) in [7, 11) is 0. The molecule has 96 valence electrons. The SMILES string of the molecule is Cc1ccc(N2C(=O)CNCC2C(=O)O)c(Br)c1. The first-order valence-electron chi connectivity index (χ1n) is 5.52. The largest absolute Gasteiger partial charge is 0.480 e. The van der Waals surface area contributed by atoms with Gasteiger partial charge in [-0.25, -0.2) is 4.79 Å². The third kappa shape index (κ3) is 2.39. The Morgan fingerprint density at radius 2 is 2.28 bits per heavy atom. The number of carboxylic acids is 1. The molecule has 1 fully saturated rings. The lowest BCUT2D eigenvalue weighted by molar-refractivity contribution is -0.140. The van der Waals surface area contributed by atoms with Crippen molar-refractivity contribution in [2.45, 2.75) is 13.0 Å². The Balaban J connectivity index is 2.43. The number of anilines is 1. The first-order chi connectivity index (χ1) is 8.50. The molecule has 1 unspecified atom stereocenters. The molecule has 1 atom stereocenters. The molecule has 1 aromatic rings. The van der Waals surface area contributed by atoms with E-state index in [4.69, 9.17) is 0 Å². The molecule has 1 aliphatic heterocycles. The maximum atomic E-state index is 11.9. The van der Waals surface area contributed by atoms with Crippen molar-refractivity contribution < 1.29 is 14.7 Å².